The smallest absolute Gasteiger partial charge is 0.226 e. The van der Waals surface area contributed by atoms with Gasteiger partial charge in [0.2, 0.25) is 5.91 Å². The van der Waals surface area contributed by atoms with E-state index in [-0.39, 0.29) is 5.91 Å². The molecule has 0 radical (unpaired) electrons. The van der Waals surface area contributed by atoms with Crippen LogP contribution in [0.2, 0.25) is 0 Å². The molecule has 3 nitrogen and oxygen atoms in total. The van der Waals surface area contributed by atoms with Crippen LogP contribution in [0.25, 0.3) is 0 Å². The number of hydrogen-bond donors (Lipinski definition) is 2. The fraction of sp³-hybridized carbons (Fsp3) is 0.222. The van der Waals surface area contributed by atoms with E-state index in [1.165, 1.54) is 0 Å². The summed E-state index contributed by atoms with van der Waals surface area (Å²) in [5, 5.41) is 6.05. The van der Waals surface area contributed by atoms with Gasteiger partial charge in [0.1, 0.15) is 0 Å². The number of benzene rings is 1. The first-order chi connectivity index (χ1) is 6.25. The van der Waals surface area contributed by atoms with Crippen molar-refractivity contribution < 1.29 is 4.79 Å². The number of carbonyl (C=O) groups excluding carboxylic acids is 1. The Morgan fingerprint density at radius 2 is 2.15 bits per heavy atom. The van der Waals surface area contributed by atoms with Gasteiger partial charge in [-0.05, 0) is 40.8 Å². The molecule has 1 aliphatic rings. The van der Waals surface area contributed by atoms with Crippen molar-refractivity contribution >= 4 is 39.9 Å². The van der Waals surface area contributed by atoms with Gasteiger partial charge >= 0.3 is 0 Å². The van der Waals surface area contributed by atoms with Gasteiger partial charge in [0.05, 0.1) is 11.4 Å². The van der Waals surface area contributed by atoms with Crippen LogP contribution in [-0.4, -0.2) is 12.5 Å². The van der Waals surface area contributed by atoms with E-state index < -0.39 is 0 Å². The number of halogens is 1. The monoisotopic (exact) mass is 288 g/mol. The first kappa shape index (κ1) is 8.80. The van der Waals surface area contributed by atoms with E-state index in [2.05, 4.69) is 33.2 Å². The molecule has 0 bridgehead atoms. The molecule has 0 atom stereocenters. The summed E-state index contributed by atoms with van der Waals surface area (Å²) in [6, 6.07) is 5.97. The predicted molar refractivity (Wildman–Crippen MR) is 60.9 cm³/mol. The molecule has 2 N–H and O–H groups in total. The lowest BCUT2D eigenvalue weighted by Gasteiger charge is -2.06. The Labute approximate surface area is 90.0 Å². The zero-order valence-corrected chi connectivity index (χ0v) is 9.09. The maximum Gasteiger partial charge on any atom is 0.226 e. The summed E-state index contributed by atoms with van der Waals surface area (Å²) < 4.78 is 1.13. The van der Waals surface area contributed by atoms with E-state index in [1.54, 1.807) is 0 Å². The molecule has 1 heterocycles. The van der Waals surface area contributed by atoms with Gasteiger partial charge in [-0.1, -0.05) is 0 Å². The van der Waals surface area contributed by atoms with Crippen LogP contribution >= 0.6 is 22.6 Å². The maximum atomic E-state index is 11.2. The van der Waals surface area contributed by atoms with Crippen molar-refractivity contribution in [2.45, 2.75) is 6.42 Å². The molecule has 0 spiro atoms. The molecule has 0 fully saturated rings. The van der Waals surface area contributed by atoms with E-state index >= 15 is 0 Å². The summed E-state index contributed by atoms with van der Waals surface area (Å²) in [4.78, 5) is 11.2. The first-order valence-electron chi connectivity index (χ1n) is 4.09. The van der Waals surface area contributed by atoms with E-state index in [0.29, 0.717) is 13.0 Å². The minimum atomic E-state index is 0.0771. The number of nitrogens with one attached hydrogen (secondary N) is 2. The normalized spacial score (nSPS) is 15.3. The third-order valence-corrected chi connectivity index (χ3v) is 2.59. The second-order valence-corrected chi connectivity index (χ2v) is 4.16. The summed E-state index contributed by atoms with van der Waals surface area (Å²) in [6.07, 6.45) is 0.533. The average molecular weight is 288 g/mol. The highest BCUT2D eigenvalue weighted by atomic mass is 127. The molecule has 68 valence electrons. The lowest BCUT2D eigenvalue weighted by Crippen LogP contribution is -2.10. The highest BCUT2D eigenvalue weighted by Crippen LogP contribution is 2.25. The molecule has 1 amide bonds. The molecule has 0 saturated heterocycles. The van der Waals surface area contributed by atoms with Crippen molar-refractivity contribution in [1.82, 2.24) is 0 Å². The molecule has 0 aromatic heterocycles. The highest BCUT2D eigenvalue weighted by Gasteiger charge is 2.11. The molecule has 1 aliphatic heterocycles. The van der Waals surface area contributed by atoms with Crippen molar-refractivity contribution in [2.24, 2.45) is 0 Å². The molecule has 2 rings (SSSR count). The molecule has 0 saturated carbocycles. The van der Waals surface area contributed by atoms with Crippen LogP contribution in [0, 0.1) is 3.57 Å². The molecule has 4 heteroatoms. The topological polar surface area (TPSA) is 41.1 Å². The highest BCUT2D eigenvalue weighted by molar-refractivity contribution is 14.1. The third-order valence-electron chi connectivity index (χ3n) is 1.92. The number of amides is 1. The van der Waals surface area contributed by atoms with Gasteiger partial charge in [0, 0.05) is 16.5 Å². The maximum absolute atomic E-state index is 11.2. The zero-order chi connectivity index (χ0) is 9.26. The SMILES string of the molecule is O=C1CCNc2ccc(I)cc2N1. The summed E-state index contributed by atoms with van der Waals surface area (Å²) >= 11 is 2.23. The predicted octanol–water partition coefficient (Wildman–Crippen LogP) is 2.05. The average Bonchev–Trinajstić information content (AvgIpc) is 2.25. The van der Waals surface area contributed by atoms with Crippen LogP contribution < -0.4 is 10.6 Å². The Kier molecular flexibility index (Phi) is 2.39. The van der Waals surface area contributed by atoms with Crippen LogP contribution in [0.5, 0.6) is 0 Å². The Bertz CT molecular complexity index is 351. The van der Waals surface area contributed by atoms with Gasteiger partial charge < -0.3 is 10.6 Å². The Morgan fingerprint density at radius 3 is 3.00 bits per heavy atom. The molecule has 0 unspecified atom stereocenters. The summed E-state index contributed by atoms with van der Waals surface area (Å²) in [7, 11) is 0. The van der Waals surface area contributed by atoms with E-state index in [1.807, 2.05) is 18.2 Å². The largest absolute Gasteiger partial charge is 0.383 e. The summed E-state index contributed by atoms with van der Waals surface area (Å²) in [5.41, 5.74) is 1.89. The van der Waals surface area contributed by atoms with Crippen molar-refractivity contribution in [3.63, 3.8) is 0 Å². The fourth-order valence-electron chi connectivity index (χ4n) is 1.30. The van der Waals surface area contributed by atoms with Crippen LogP contribution in [0.1, 0.15) is 6.42 Å². The Morgan fingerprint density at radius 1 is 1.31 bits per heavy atom. The van der Waals surface area contributed by atoms with Gasteiger partial charge in [-0.3, -0.25) is 4.79 Å². The number of fused-ring (bicyclic) bond motifs is 1. The molecule has 0 aliphatic carbocycles. The lowest BCUT2D eigenvalue weighted by atomic mass is 10.2. The zero-order valence-electron chi connectivity index (χ0n) is 6.93. The standard InChI is InChI=1S/C9H9IN2O/c10-6-1-2-7-8(5-6)12-9(13)3-4-11-7/h1-2,5,11H,3-4H2,(H,12,13). The van der Waals surface area contributed by atoms with Crippen molar-refractivity contribution in [3.8, 4) is 0 Å². The summed E-state index contributed by atoms with van der Waals surface area (Å²) in [5.74, 6) is 0.0771. The van der Waals surface area contributed by atoms with Crippen molar-refractivity contribution in [3.05, 3.63) is 21.8 Å². The Hall–Kier alpha value is -0.780. The van der Waals surface area contributed by atoms with Gasteiger partial charge in [-0.25, -0.2) is 0 Å². The Balaban J connectivity index is 2.40. The second kappa shape index (κ2) is 3.53. The minimum absolute atomic E-state index is 0.0771. The van der Waals surface area contributed by atoms with Gasteiger partial charge in [0.25, 0.3) is 0 Å². The third kappa shape index (κ3) is 1.93. The molecule has 13 heavy (non-hydrogen) atoms. The van der Waals surface area contributed by atoms with E-state index in [4.69, 9.17) is 0 Å². The van der Waals surface area contributed by atoms with Crippen LogP contribution in [0.3, 0.4) is 0 Å². The van der Waals surface area contributed by atoms with Gasteiger partial charge in [-0.15, -0.1) is 0 Å². The quantitative estimate of drug-likeness (QED) is 0.717. The minimum Gasteiger partial charge on any atom is -0.383 e. The number of rotatable bonds is 0. The van der Waals surface area contributed by atoms with Crippen LogP contribution in [0.4, 0.5) is 11.4 Å². The molecule has 1 aromatic rings. The van der Waals surface area contributed by atoms with Crippen LogP contribution in [-0.2, 0) is 4.79 Å². The van der Waals surface area contributed by atoms with Crippen molar-refractivity contribution in [1.29, 1.82) is 0 Å². The summed E-state index contributed by atoms with van der Waals surface area (Å²) in [6.45, 7) is 0.708. The molecular weight excluding hydrogens is 279 g/mol. The van der Waals surface area contributed by atoms with E-state index in [9.17, 15) is 4.79 Å². The van der Waals surface area contributed by atoms with Gasteiger partial charge in [0.15, 0.2) is 0 Å². The van der Waals surface area contributed by atoms with Crippen molar-refractivity contribution in [2.75, 3.05) is 17.2 Å². The van der Waals surface area contributed by atoms with Crippen LogP contribution in [0.15, 0.2) is 18.2 Å². The number of hydrogen-bond acceptors (Lipinski definition) is 2. The lowest BCUT2D eigenvalue weighted by molar-refractivity contribution is -0.115. The van der Waals surface area contributed by atoms with Gasteiger partial charge in [-0.2, -0.15) is 0 Å². The second-order valence-electron chi connectivity index (χ2n) is 2.91. The number of anilines is 2. The van der Waals surface area contributed by atoms with E-state index in [0.717, 1.165) is 14.9 Å². The first-order valence-corrected chi connectivity index (χ1v) is 5.17. The molecule has 1 aromatic carbocycles. The molecular formula is C9H9IN2O. The number of carbonyl (C=O) groups is 1. The fourth-order valence-corrected chi connectivity index (χ4v) is 1.79.